The van der Waals surface area contributed by atoms with Gasteiger partial charge in [0.2, 0.25) is 0 Å². The number of hydrogen-bond donors (Lipinski definition) is 11. The number of rotatable bonds is 22. The lowest BCUT2D eigenvalue weighted by Gasteiger charge is -2.42. The molecule has 0 aliphatic carbocycles. The van der Waals surface area contributed by atoms with E-state index in [2.05, 4.69) is 0 Å². The molecule has 0 bridgehead atoms. The standard InChI is InChI=1S/C47H80O16/c1-14-21(2)34(49)22(3)15-23(4)35(50)24(5)16-25(6)36(51)26(7)17-27(8)43(63-47-42(57)40(55)38(53)33(20-48)61-47)28(9)18-29(10)44(30(11)19-31(12)45(58)59)62-46-41(56)39(54)37(52)32(13)60-46/h15-19,21-22,24,26,28,30,32-44,46-57H,14,20H2,1-13H3,(H,58,59)/b23-15+,25-16+,27-17+,29-18+,31-19+/t21?,22?,24?,26-,28-,30-,32-,33+,34?,35?,36+,37-,38+,39+,40-,41+,42-,43+,44+,46-,47-/m0/s1. The largest absolute Gasteiger partial charge is 0.478 e. The van der Waals surface area contributed by atoms with E-state index in [1.807, 2.05) is 40.7 Å². The highest BCUT2D eigenvalue weighted by Crippen LogP contribution is 2.33. The van der Waals surface area contributed by atoms with Gasteiger partial charge in [-0.15, -0.1) is 0 Å². The molecule has 0 radical (unpaired) electrons. The van der Waals surface area contributed by atoms with Gasteiger partial charge in [-0.1, -0.05) is 85.3 Å². The summed E-state index contributed by atoms with van der Waals surface area (Å²) < 4.78 is 24.1. The molecule has 2 saturated heterocycles. The van der Waals surface area contributed by atoms with E-state index in [0.717, 1.165) is 6.42 Å². The molecule has 2 aliphatic heterocycles. The van der Waals surface area contributed by atoms with Crippen molar-refractivity contribution in [3.63, 3.8) is 0 Å². The van der Waals surface area contributed by atoms with Gasteiger partial charge in [0.05, 0.1) is 43.2 Å². The number of carbonyl (C=O) groups is 1. The summed E-state index contributed by atoms with van der Waals surface area (Å²) in [4.78, 5) is 11.8. The van der Waals surface area contributed by atoms with Crippen LogP contribution in [0.4, 0.5) is 0 Å². The van der Waals surface area contributed by atoms with Crippen molar-refractivity contribution in [2.75, 3.05) is 6.61 Å². The predicted molar refractivity (Wildman–Crippen MR) is 236 cm³/mol. The molecule has 364 valence electrons. The maximum absolute atomic E-state index is 11.8. The van der Waals surface area contributed by atoms with Gasteiger partial charge in [0.25, 0.3) is 0 Å². The molecule has 0 saturated carbocycles. The van der Waals surface area contributed by atoms with Crippen molar-refractivity contribution in [3.05, 3.63) is 58.2 Å². The van der Waals surface area contributed by atoms with E-state index in [4.69, 9.17) is 18.9 Å². The molecule has 21 atom stereocenters. The third-order valence-electron chi connectivity index (χ3n) is 12.7. The van der Waals surface area contributed by atoms with Gasteiger partial charge in [-0.3, -0.25) is 0 Å². The molecule has 0 amide bonds. The van der Waals surface area contributed by atoms with Gasteiger partial charge >= 0.3 is 5.97 Å². The minimum absolute atomic E-state index is 0.0207. The summed E-state index contributed by atoms with van der Waals surface area (Å²) in [5.41, 5.74) is 2.37. The van der Waals surface area contributed by atoms with Crippen LogP contribution in [-0.4, -0.2) is 161 Å². The van der Waals surface area contributed by atoms with E-state index in [0.29, 0.717) is 22.3 Å². The first kappa shape index (κ1) is 56.7. The van der Waals surface area contributed by atoms with Crippen LogP contribution in [0.25, 0.3) is 0 Å². The first-order chi connectivity index (χ1) is 29.2. The Morgan fingerprint density at radius 3 is 1.41 bits per heavy atom. The summed E-state index contributed by atoms with van der Waals surface area (Å²) in [5.74, 6) is -3.44. The lowest BCUT2D eigenvalue weighted by atomic mass is 9.86. The third kappa shape index (κ3) is 15.3. The minimum Gasteiger partial charge on any atom is -0.478 e. The Bertz CT molecular complexity index is 1590. The fourth-order valence-electron chi connectivity index (χ4n) is 8.44. The van der Waals surface area contributed by atoms with Crippen molar-refractivity contribution in [2.45, 2.75) is 188 Å². The summed E-state index contributed by atoms with van der Waals surface area (Å²) in [7, 11) is 0. The van der Waals surface area contributed by atoms with Crippen LogP contribution in [0.1, 0.15) is 96.4 Å². The first-order valence-corrected chi connectivity index (χ1v) is 22.2. The summed E-state index contributed by atoms with van der Waals surface area (Å²) in [6.07, 6.45) is -9.72. The zero-order chi connectivity index (χ0) is 48.4. The number of ether oxygens (including phenoxy) is 4. The quantitative estimate of drug-likeness (QED) is 0.0550. The fourth-order valence-corrected chi connectivity index (χ4v) is 8.44. The van der Waals surface area contributed by atoms with Crippen LogP contribution in [0.5, 0.6) is 0 Å². The molecule has 2 rings (SSSR count). The molecule has 2 heterocycles. The van der Waals surface area contributed by atoms with Crippen molar-refractivity contribution in [2.24, 2.45) is 35.5 Å². The molecule has 5 unspecified atom stereocenters. The molecule has 0 aromatic carbocycles. The van der Waals surface area contributed by atoms with E-state index in [-0.39, 0.29) is 23.3 Å². The van der Waals surface area contributed by atoms with Crippen molar-refractivity contribution in [3.8, 4) is 0 Å². The SMILES string of the molecule is CCC(C)C(O)C(C)/C=C(\C)C(O)C(C)/C=C(\C)[C@@H](O)[C@@H](C)/C=C(\C)[C@@H](O[C@@H]1O[C@H](CO)[C@@H](O)[C@H](O)[C@@H]1O)[C@@H](C)/C=C(\C)[C@@H](O[C@@H]1O[C@@H](C)[C@H](O)[C@@H](O)[C@H]1O)[C@@H](C)/C=C(\C)C(=O)O. The Hall–Kier alpha value is -2.39. The molecule has 16 nitrogen and oxygen atoms in total. The number of aliphatic carboxylic acids is 1. The van der Waals surface area contributed by atoms with Crippen LogP contribution in [0.3, 0.4) is 0 Å². The van der Waals surface area contributed by atoms with Gasteiger partial charge in [-0.25, -0.2) is 4.79 Å². The van der Waals surface area contributed by atoms with Crippen LogP contribution >= 0.6 is 0 Å². The maximum Gasteiger partial charge on any atom is 0.330 e. The Labute approximate surface area is 373 Å². The normalized spacial score (nSPS) is 33.7. The smallest absolute Gasteiger partial charge is 0.330 e. The number of hydrogen-bond acceptors (Lipinski definition) is 15. The van der Waals surface area contributed by atoms with E-state index in [9.17, 15) is 61.0 Å². The Kier molecular flexibility index (Phi) is 23.0. The van der Waals surface area contributed by atoms with Crippen LogP contribution in [0.15, 0.2) is 58.2 Å². The lowest BCUT2D eigenvalue weighted by molar-refractivity contribution is -0.310. The average Bonchev–Trinajstić information content (AvgIpc) is 3.23. The van der Waals surface area contributed by atoms with Crippen LogP contribution in [0, 0.1) is 35.5 Å². The molecule has 0 aromatic rings. The molecular weight excluding hydrogens is 821 g/mol. The van der Waals surface area contributed by atoms with Crippen molar-refractivity contribution in [1.82, 2.24) is 0 Å². The molecule has 0 spiro atoms. The molecule has 16 heteroatoms. The van der Waals surface area contributed by atoms with Crippen molar-refractivity contribution in [1.29, 1.82) is 0 Å². The monoisotopic (exact) mass is 901 g/mol. The number of carboxylic acids is 1. The number of aliphatic hydroxyl groups is 10. The second kappa shape index (κ2) is 25.5. The van der Waals surface area contributed by atoms with E-state index in [1.54, 1.807) is 59.8 Å². The van der Waals surface area contributed by atoms with Gasteiger partial charge < -0.3 is 75.1 Å². The maximum atomic E-state index is 11.8. The highest BCUT2D eigenvalue weighted by atomic mass is 16.7. The van der Waals surface area contributed by atoms with E-state index in [1.165, 1.54) is 19.9 Å². The second-order valence-corrected chi connectivity index (χ2v) is 18.4. The summed E-state index contributed by atoms with van der Waals surface area (Å²) >= 11 is 0. The summed E-state index contributed by atoms with van der Waals surface area (Å²) in [5, 5.41) is 117. The van der Waals surface area contributed by atoms with Crippen molar-refractivity contribution < 1.29 is 79.9 Å². The predicted octanol–water partition coefficient (Wildman–Crippen LogP) is 2.51. The molecule has 2 fully saturated rings. The van der Waals surface area contributed by atoms with Crippen molar-refractivity contribution >= 4 is 5.97 Å². The Morgan fingerprint density at radius 2 is 0.968 bits per heavy atom. The second-order valence-electron chi connectivity index (χ2n) is 18.4. The molecular formula is C47H80O16. The minimum atomic E-state index is -1.73. The summed E-state index contributed by atoms with van der Waals surface area (Å²) in [6.45, 7) is 22.3. The van der Waals surface area contributed by atoms with Gasteiger partial charge in [-0.2, -0.15) is 0 Å². The van der Waals surface area contributed by atoms with Crippen LogP contribution < -0.4 is 0 Å². The molecule has 63 heavy (non-hydrogen) atoms. The highest BCUT2D eigenvalue weighted by molar-refractivity contribution is 5.85. The van der Waals surface area contributed by atoms with Gasteiger partial charge in [0.15, 0.2) is 12.6 Å². The number of carboxylic acid groups (broad SMARTS) is 1. The van der Waals surface area contributed by atoms with Crippen LogP contribution in [-0.2, 0) is 23.7 Å². The van der Waals surface area contributed by atoms with Gasteiger partial charge in [0, 0.05) is 35.2 Å². The number of aliphatic hydroxyl groups excluding tert-OH is 10. The topological polar surface area (TPSA) is 277 Å². The van der Waals surface area contributed by atoms with Crippen LogP contribution in [0.2, 0.25) is 0 Å². The fraction of sp³-hybridized carbons (Fsp3) is 0.766. The first-order valence-electron chi connectivity index (χ1n) is 22.2. The Balaban J connectivity index is 2.58. The van der Waals surface area contributed by atoms with Gasteiger partial charge in [-0.05, 0) is 69.8 Å². The summed E-state index contributed by atoms with van der Waals surface area (Å²) in [6, 6.07) is 0. The van der Waals surface area contributed by atoms with E-state index >= 15 is 0 Å². The average molecular weight is 901 g/mol. The van der Waals surface area contributed by atoms with Gasteiger partial charge in [0.1, 0.15) is 42.7 Å². The zero-order valence-corrected chi connectivity index (χ0v) is 39.4. The molecule has 2 aliphatic rings. The third-order valence-corrected chi connectivity index (χ3v) is 12.7. The van der Waals surface area contributed by atoms with E-state index < -0.39 is 122 Å². The lowest BCUT2D eigenvalue weighted by Crippen LogP contribution is -2.60. The molecule has 11 N–H and O–H groups in total. The Morgan fingerprint density at radius 1 is 0.571 bits per heavy atom. The zero-order valence-electron chi connectivity index (χ0n) is 39.4. The highest BCUT2D eigenvalue weighted by Gasteiger charge is 2.46. The molecule has 0 aromatic heterocycles.